The molecule has 0 spiro atoms. The number of carbonyl (C=O) groups is 1. The smallest absolute Gasteiger partial charge is 0.224 e. The summed E-state index contributed by atoms with van der Waals surface area (Å²) in [6, 6.07) is 2.12. The molecule has 1 fully saturated rings. The highest BCUT2D eigenvalue weighted by Gasteiger charge is 2.29. The summed E-state index contributed by atoms with van der Waals surface area (Å²) in [6.45, 7) is 7.63. The molecule has 1 atom stereocenters. The first-order valence-corrected chi connectivity index (χ1v) is 7.71. The molecule has 1 unspecified atom stereocenters. The van der Waals surface area contributed by atoms with Gasteiger partial charge in [0.15, 0.2) is 5.65 Å². The molecule has 2 aromatic heterocycles. The first kappa shape index (κ1) is 14.7. The van der Waals surface area contributed by atoms with Gasteiger partial charge in [-0.05, 0) is 31.9 Å². The lowest BCUT2D eigenvalue weighted by molar-refractivity contribution is -0.127. The van der Waals surface area contributed by atoms with Gasteiger partial charge in [-0.25, -0.2) is 15.0 Å². The zero-order chi connectivity index (χ0) is 15.7. The second kappa shape index (κ2) is 5.87. The number of aromatic nitrogens is 3. The number of nitrogens with one attached hydrogen (secondary N) is 1. The fourth-order valence-corrected chi connectivity index (χ4v) is 3.07. The number of hydrogen-bond donors (Lipinski definition) is 1. The number of anilines is 1. The van der Waals surface area contributed by atoms with Crippen molar-refractivity contribution in [2.45, 2.75) is 39.7 Å². The third-order valence-electron chi connectivity index (χ3n) is 3.98. The van der Waals surface area contributed by atoms with Gasteiger partial charge in [-0.2, -0.15) is 0 Å². The maximum absolute atomic E-state index is 12.0. The van der Waals surface area contributed by atoms with Gasteiger partial charge in [0.25, 0.3) is 0 Å². The highest BCUT2D eigenvalue weighted by Crippen LogP contribution is 2.25. The Morgan fingerprint density at radius 3 is 2.95 bits per heavy atom. The zero-order valence-corrected chi connectivity index (χ0v) is 13.3. The van der Waals surface area contributed by atoms with Crippen molar-refractivity contribution in [3.8, 4) is 0 Å². The molecule has 1 N–H and O–H groups in total. The van der Waals surface area contributed by atoms with Crippen LogP contribution in [-0.4, -0.2) is 44.9 Å². The molecule has 0 bridgehead atoms. The van der Waals surface area contributed by atoms with Gasteiger partial charge in [0.2, 0.25) is 5.91 Å². The lowest BCUT2D eigenvalue weighted by Gasteiger charge is -2.17. The third-order valence-corrected chi connectivity index (χ3v) is 3.98. The molecule has 0 saturated carbocycles. The van der Waals surface area contributed by atoms with Gasteiger partial charge in [0.05, 0.1) is 11.4 Å². The maximum atomic E-state index is 12.0. The average molecular weight is 299 g/mol. The molecular weight excluding hydrogens is 278 g/mol. The molecule has 0 aromatic carbocycles. The number of pyridine rings is 1. The Balaban J connectivity index is 1.87. The summed E-state index contributed by atoms with van der Waals surface area (Å²) in [7, 11) is 0. The molecule has 1 aliphatic heterocycles. The predicted octanol–water partition coefficient (Wildman–Crippen LogP) is 2.06. The van der Waals surface area contributed by atoms with Crippen molar-refractivity contribution >= 4 is 22.8 Å². The number of rotatable bonds is 4. The van der Waals surface area contributed by atoms with Crippen LogP contribution >= 0.6 is 0 Å². The zero-order valence-electron chi connectivity index (χ0n) is 13.3. The van der Waals surface area contributed by atoms with Crippen LogP contribution in [-0.2, 0) is 4.79 Å². The van der Waals surface area contributed by atoms with Crippen LogP contribution < -0.4 is 5.32 Å². The molecule has 1 saturated heterocycles. The van der Waals surface area contributed by atoms with Gasteiger partial charge in [-0.3, -0.25) is 4.79 Å². The van der Waals surface area contributed by atoms with E-state index in [0.29, 0.717) is 12.1 Å². The topological polar surface area (TPSA) is 71.0 Å². The molecule has 0 aliphatic carbocycles. The van der Waals surface area contributed by atoms with Crippen LogP contribution in [0.25, 0.3) is 11.0 Å². The Bertz CT molecular complexity index is 715. The van der Waals surface area contributed by atoms with Crippen molar-refractivity contribution in [1.29, 1.82) is 0 Å². The molecule has 3 heterocycles. The Hall–Kier alpha value is -2.24. The summed E-state index contributed by atoms with van der Waals surface area (Å²) in [5, 5.41) is 4.35. The molecule has 0 radical (unpaired) electrons. The van der Waals surface area contributed by atoms with E-state index in [-0.39, 0.29) is 11.9 Å². The fourth-order valence-electron chi connectivity index (χ4n) is 3.07. The number of carbonyl (C=O) groups excluding carboxylic acids is 1. The van der Waals surface area contributed by atoms with E-state index in [0.717, 1.165) is 42.0 Å². The first-order valence-electron chi connectivity index (χ1n) is 7.71. The molecule has 6 nitrogen and oxygen atoms in total. The fraction of sp³-hybridized carbons (Fsp3) is 0.500. The summed E-state index contributed by atoms with van der Waals surface area (Å²) in [6.07, 6.45) is 3.03. The summed E-state index contributed by atoms with van der Waals surface area (Å²) < 4.78 is 0. The van der Waals surface area contributed by atoms with Crippen LogP contribution in [0, 0.1) is 13.8 Å². The number of hydrogen-bond acceptors (Lipinski definition) is 5. The quantitative estimate of drug-likeness (QED) is 0.935. The van der Waals surface area contributed by atoms with Crippen molar-refractivity contribution in [3.05, 3.63) is 23.7 Å². The van der Waals surface area contributed by atoms with Crippen LogP contribution in [0.4, 0.5) is 5.82 Å². The van der Waals surface area contributed by atoms with Crippen LogP contribution in [0.3, 0.4) is 0 Å². The first-order chi connectivity index (χ1) is 10.6. The van der Waals surface area contributed by atoms with Crippen LogP contribution in [0.1, 0.15) is 31.0 Å². The normalized spacial score (nSPS) is 18.2. The van der Waals surface area contributed by atoms with Crippen molar-refractivity contribution in [2.24, 2.45) is 0 Å². The molecule has 2 aromatic rings. The summed E-state index contributed by atoms with van der Waals surface area (Å²) >= 11 is 0. The Morgan fingerprint density at radius 1 is 1.36 bits per heavy atom. The number of nitrogens with zero attached hydrogens (tertiary/aromatic N) is 4. The van der Waals surface area contributed by atoms with E-state index in [1.54, 1.807) is 0 Å². The minimum absolute atomic E-state index is 0.0952. The number of amides is 1. The lowest BCUT2D eigenvalue weighted by Crippen LogP contribution is -2.28. The molecular formula is C16H21N5O. The van der Waals surface area contributed by atoms with Crippen molar-refractivity contribution < 1.29 is 4.79 Å². The summed E-state index contributed by atoms with van der Waals surface area (Å²) in [5.74, 6) is 0.981. The summed E-state index contributed by atoms with van der Waals surface area (Å²) in [4.78, 5) is 27.0. The summed E-state index contributed by atoms with van der Waals surface area (Å²) in [5.41, 5.74) is 2.74. The largest absolute Gasteiger partial charge is 0.364 e. The van der Waals surface area contributed by atoms with Crippen LogP contribution in [0.15, 0.2) is 12.4 Å². The van der Waals surface area contributed by atoms with Gasteiger partial charge in [-0.1, -0.05) is 6.92 Å². The standard InChI is InChI=1S/C16H21N5O/c1-4-5-21-8-12(7-13(21)22)20-16-14-10(2)6-11(3)19-15(14)17-9-18-16/h6,9,12H,4-5,7-8H2,1-3H3,(H,17,18,19,20). The Labute approximate surface area is 130 Å². The van der Waals surface area contributed by atoms with E-state index < -0.39 is 0 Å². The molecule has 22 heavy (non-hydrogen) atoms. The highest BCUT2D eigenvalue weighted by molar-refractivity contribution is 5.90. The van der Waals surface area contributed by atoms with E-state index >= 15 is 0 Å². The van der Waals surface area contributed by atoms with E-state index in [1.807, 2.05) is 24.8 Å². The predicted molar refractivity (Wildman–Crippen MR) is 85.7 cm³/mol. The third kappa shape index (κ3) is 2.73. The highest BCUT2D eigenvalue weighted by atomic mass is 16.2. The van der Waals surface area contributed by atoms with Crippen LogP contribution in [0.2, 0.25) is 0 Å². The molecule has 3 rings (SSSR count). The van der Waals surface area contributed by atoms with Gasteiger partial charge >= 0.3 is 0 Å². The van der Waals surface area contributed by atoms with E-state index in [9.17, 15) is 4.79 Å². The molecule has 6 heteroatoms. The molecule has 1 aliphatic rings. The van der Waals surface area contributed by atoms with Crippen molar-refractivity contribution in [2.75, 3.05) is 18.4 Å². The second-order valence-electron chi connectivity index (χ2n) is 5.89. The van der Waals surface area contributed by atoms with Crippen molar-refractivity contribution in [3.63, 3.8) is 0 Å². The van der Waals surface area contributed by atoms with E-state index in [2.05, 4.69) is 27.2 Å². The SMILES string of the molecule is CCCN1CC(Nc2ncnc3nc(C)cc(C)c23)CC1=O. The van der Waals surface area contributed by atoms with Gasteiger partial charge in [0.1, 0.15) is 12.1 Å². The molecule has 116 valence electrons. The average Bonchev–Trinajstić information content (AvgIpc) is 2.78. The number of aryl methyl sites for hydroxylation is 2. The maximum Gasteiger partial charge on any atom is 0.224 e. The Kier molecular flexibility index (Phi) is 3.92. The number of likely N-dealkylation sites (tertiary alicyclic amines) is 1. The Morgan fingerprint density at radius 2 is 2.18 bits per heavy atom. The van der Waals surface area contributed by atoms with E-state index in [4.69, 9.17) is 0 Å². The van der Waals surface area contributed by atoms with Gasteiger partial charge < -0.3 is 10.2 Å². The van der Waals surface area contributed by atoms with E-state index in [1.165, 1.54) is 6.33 Å². The minimum Gasteiger partial charge on any atom is -0.364 e. The monoisotopic (exact) mass is 299 g/mol. The van der Waals surface area contributed by atoms with Gasteiger partial charge in [-0.15, -0.1) is 0 Å². The van der Waals surface area contributed by atoms with Gasteiger partial charge in [0, 0.05) is 25.2 Å². The number of fused-ring (bicyclic) bond motifs is 1. The molecule has 1 amide bonds. The lowest BCUT2D eigenvalue weighted by atomic mass is 10.1. The minimum atomic E-state index is 0.0952. The van der Waals surface area contributed by atoms with Crippen LogP contribution in [0.5, 0.6) is 0 Å². The van der Waals surface area contributed by atoms with Crippen molar-refractivity contribution in [1.82, 2.24) is 19.9 Å². The second-order valence-corrected chi connectivity index (χ2v) is 5.89.